The Balaban J connectivity index is 1.89. The summed E-state index contributed by atoms with van der Waals surface area (Å²) >= 11 is 1.81. The van der Waals surface area contributed by atoms with Crippen LogP contribution >= 0.6 is 11.8 Å². The quantitative estimate of drug-likeness (QED) is 0.801. The van der Waals surface area contributed by atoms with Crippen LogP contribution in [0.2, 0.25) is 0 Å². The van der Waals surface area contributed by atoms with E-state index in [9.17, 15) is 0 Å². The maximum atomic E-state index is 3.54. The molecule has 1 aliphatic heterocycles. The van der Waals surface area contributed by atoms with Crippen molar-refractivity contribution >= 4 is 17.3 Å². The number of benzene rings is 1. The first-order valence-electron chi connectivity index (χ1n) is 6.43. The third-order valence-corrected chi connectivity index (χ3v) is 4.81. The fourth-order valence-corrected chi connectivity index (χ4v) is 3.53. The number of rotatable bonds is 2. The largest absolute Gasteiger partial charge is 0.316 e. The molecule has 1 aromatic rings. The highest BCUT2D eigenvalue weighted by Gasteiger charge is 2.32. The molecule has 1 fully saturated rings. The third kappa shape index (κ3) is 2.16. The fraction of sp³-hybridized carbons (Fsp3) is 0.467. The number of nitrogens with one attached hydrogen (secondary N) is 1. The summed E-state index contributed by atoms with van der Waals surface area (Å²) in [7, 11) is 0. The van der Waals surface area contributed by atoms with Crippen LogP contribution in [0.15, 0.2) is 35.2 Å². The zero-order chi connectivity index (χ0) is 11.7. The maximum Gasteiger partial charge on any atom is 0.00695 e. The SMILES string of the molecule is CSc1ccc(C2=CCC[C@H]3CNC[C@@H]23)cc1. The Kier molecular flexibility index (Phi) is 3.26. The molecule has 2 heteroatoms. The van der Waals surface area contributed by atoms with Crippen molar-refractivity contribution in [1.29, 1.82) is 0 Å². The summed E-state index contributed by atoms with van der Waals surface area (Å²) in [6.45, 7) is 2.38. The summed E-state index contributed by atoms with van der Waals surface area (Å²) in [5.41, 5.74) is 3.01. The summed E-state index contributed by atoms with van der Waals surface area (Å²) in [6, 6.07) is 9.07. The van der Waals surface area contributed by atoms with Gasteiger partial charge >= 0.3 is 0 Å². The van der Waals surface area contributed by atoms with Crippen molar-refractivity contribution in [3.8, 4) is 0 Å². The average molecular weight is 245 g/mol. The predicted octanol–water partition coefficient (Wildman–Crippen LogP) is 3.42. The lowest BCUT2D eigenvalue weighted by molar-refractivity contribution is 0.454. The highest BCUT2D eigenvalue weighted by atomic mass is 32.2. The van der Waals surface area contributed by atoms with E-state index < -0.39 is 0 Å². The first-order valence-corrected chi connectivity index (χ1v) is 7.66. The minimum Gasteiger partial charge on any atom is -0.316 e. The molecule has 2 aliphatic rings. The van der Waals surface area contributed by atoms with Gasteiger partial charge in [0, 0.05) is 17.4 Å². The molecule has 1 heterocycles. The highest BCUT2D eigenvalue weighted by Crippen LogP contribution is 2.38. The first-order chi connectivity index (χ1) is 8.38. The van der Waals surface area contributed by atoms with E-state index in [2.05, 4.69) is 41.9 Å². The molecule has 0 radical (unpaired) electrons. The summed E-state index contributed by atoms with van der Waals surface area (Å²) < 4.78 is 0. The molecule has 1 N–H and O–H groups in total. The molecule has 0 bridgehead atoms. The average Bonchev–Trinajstić information content (AvgIpc) is 2.87. The van der Waals surface area contributed by atoms with Gasteiger partial charge in [0.15, 0.2) is 0 Å². The second-order valence-electron chi connectivity index (χ2n) is 4.99. The van der Waals surface area contributed by atoms with Gasteiger partial charge in [-0.2, -0.15) is 0 Å². The van der Waals surface area contributed by atoms with Gasteiger partial charge in [0.25, 0.3) is 0 Å². The molecule has 0 saturated carbocycles. The summed E-state index contributed by atoms with van der Waals surface area (Å²) in [6.07, 6.45) is 7.21. The summed E-state index contributed by atoms with van der Waals surface area (Å²) in [4.78, 5) is 1.35. The fourth-order valence-electron chi connectivity index (χ4n) is 3.12. The standard InChI is InChI=1S/C15H19NS/c1-17-13-7-5-11(6-8-13)14-4-2-3-12-9-16-10-15(12)14/h4-8,12,15-16H,2-3,9-10H2,1H3/t12-,15+/m0/s1. The van der Waals surface area contributed by atoms with Crippen molar-refractivity contribution in [2.75, 3.05) is 19.3 Å². The number of allylic oxidation sites excluding steroid dienone is 1. The van der Waals surface area contributed by atoms with Crippen LogP contribution in [0, 0.1) is 11.8 Å². The van der Waals surface area contributed by atoms with E-state index in [4.69, 9.17) is 0 Å². The molecule has 1 saturated heterocycles. The molecule has 0 spiro atoms. The Morgan fingerprint density at radius 1 is 1.18 bits per heavy atom. The van der Waals surface area contributed by atoms with E-state index in [1.165, 1.54) is 36.4 Å². The molecule has 0 unspecified atom stereocenters. The van der Waals surface area contributed by atoms with Crippen LogP contribution in [-0.4, -0.2) is 19.3 Å². The lowest BCUT2D eigenvalue weighted by atomic mass is 9.78. The zero-order valence-corrected chi connectivity index (χ0v) is 11.1. The molecule has 0 aromatic heterocycles. The second-order valence-corrected chi connectivity index (χ2v) is 5.87. The van der Waals surface area contributed by atoms with Crippen LogP contribution < -0.4 is 5.32 Å². The van der Waals surface area contributed by atoms with Crippen LogP contribution in [0.25, 0.3) is 5.57 Å². The van der Waals surface area contributed by atoms with Crippen molar-refractivity contribution in [3.63, 3.8) is 0 Å². The van der Waals surface area contributed by atoms with E-state index >= 15 is 0 Å². The molecular weight excluding hydrogens is 226 g/mol. The summed E-state index contributed by atoms with van der Waals surface area (Å²) in [5.74, 6) is 1.62. The molecule has 0 amide bonds. The van der Waals surface area contributed by atoms with Gasteiger partial charge in [-0.05, 0) is 54.8 Å². The Morgan fingerprint density at radius 3 is 2.76 bits per heavy atom. The molecule has 2 atom stereocenters. The monoisotopic (exact) mass is 245 g/mol. The minimum atomic E-state index is 0.754. The van der Waals surface area contributed by atoms with Crippen LogP contribution in [0.4, 0.5) is 0 Å². The number of hydrogen-bond acceptors (Lipinski definition) is 2. The van der Waals surface area contributed by atoms with E-state index in [-0.39, 0.29) is 0 Å². The van der Waals surface area contributed by atoms with Gasteiger partial charge in [-0.1, -0.05) is 18.2 Å². The minimum absolute atomic E-state index is 0.754. The second kappa shape index (κ2) is 4.87. The van der Waals surface area contributed by atoms with Gasteiger partial charge in [-0.3, -0.25) is 0 Å². The van der Waals surface area contributed by atoms with Crippen LogP contribution in [0.1, 0.15) is 18.4 Å². The Morgan fingerprint density at radius 2 is 2.00 bits per heavy atom. The molecule has 1 aliphatic carbocycles. The molecular formula is C15H19NS. The van der Waals surface area contributed by atoms with Crippen molar-refractivity contribution < 1.29 is 0 Å². The topological polar surface area (TPSA) is 12.0 Å². The van der Waals surface area contributed by atoms with Crippen molar-refractivity contribution in [1.82, 2.24) is 5.32 Å². The van der Waals surface area contributed by atoms with Crippen molar-refractivity contribution in [2.45, 2.75) is 17.7 Å². The smallest absolute Gasteiger partial charge is 0.00695 e. The van der Waals surface area contributed by atoms with Crippen molar-refractivity contribution in [2.24, 2.45) is 11.8 Å². The van der Waals surface area contributed by atoms with Crippen molar-refractivity contribution in [3.05, 3.63) is 35.9 Å². The number of thioether (sulfide) groups is 1. The van der Waals surface area contributed by atoms with E-state index in [0.29, 0.717) is 0 Å². The predicted molar refractivity (Wildman–Crippen MR) is 75.3 cm³/mol. The zero-order valence-electron chi connectivity index (χ0n) is 10.3. The van der Waals surface area contributed by atoms with Gasteiger partial charge in [-0.25, -0.2) is 0 Å². The normalized spacial score (nSPS) is 27.7. The Labute approximate surface area is 108 Å². The first kappa shape index (κ1) is 11.4. The summed E-state index contributed by atoms with van der Waals surface area (Å²) in [5, 5.41) is 3.54. The molecule has 90 valence electrons. The van der Waals surface area contributed by atoms with Crippen LogP contribution in [0.5, 0.6) is 0 Å². The van der Waals surface area contributed by atoms with Crippen LogP contribution in [-0.2, 0) is 0 Å². The van der Waals surface area contributed by atoms with Gasteiger partial charge in [0.2, 0.25) is 0 Å². The van der Waals surface area contributed by atoms with Crippen LogP contribution in [0.3, 0.4) is 0 Å². The maximum absolute atomic E-state index is 3.54. The van der Waals surface area contributed by atoms with E-state index in [0.717, 1.165) is 11.8 Å². The van der Waals surface area contributed by atoms with E-state index in [1.807, 2.05) is 11.8 Å². The molecule has 1 nitrogen and oxygen atoms in total. The lowest BCUT2D eigenvalue weighted by Crippen LogP contribution is -2.17. The molecule has 3 rings (SSSR count). The Hall–Kier alpha value is -0.730. The van der Waals surface area contributed by atoms with Gasteiger partial charge in [0.1, 0.15) is 0 Å². The number of hydrogen-bond donors (Lipinski definition) is 1. The molecule has 17 heavy (non-hydrogen) atoms. The van der Waals surface area contributed by atoms with Gasteiger partial charge in [0.05, 0.1) is 0 Å². The number of fused-ring (bicyclic) bond motifs is 1. The van der Waals surface area contributed by atoms with Gasteiger partial charge in [-0.15, -0.1) is 11.8 Å². The lowest BCUT2D eigenvalue weighted by Gasteiger charge is -2.26. The van der Waals surface area contributed by atoms with E-state index in [1.54, 1.807) is 5.57 Å². The Bertz CT molecular complexity index is 421. The highest BCUT2D eigenvalue weighted by molar-refractivity contribution is 7.98. The molecule has 1 aromatic carbocycles. The third-order valence-electron chi connectivity index (χ3n) is 4.06. The van der Waals surface area contributed by atoms with Gasteiger partial charge < -0.3 is 5.32 Å².